The van der Waals surface area contributed by atoms with Gasteiger partial charge >= 0.3 is 0 Å². The molecule has 0 aromatic carbocycles. The predicted octanol–water partition coefficient (Wildman–Crippen LogP) is 2.66. The maximum Gasteiger partial charge on any atom is 0.267 e. The lowest BCUT2D eigenvalue weighted by Gasteiger charge is -2.06. The Morgan fingerprint density at radius 1 is 1.19 bits per heavy atom. The minimum atomic E-state index is -0.395. The molecule has 134 valence electrons. The van der Waals surface area contributed by atoms with Crippen LogP contribution < -0.4 is 10.9 Å². The number of amides is 1. The van der Waals surface area contributed by atoms with Crippen LogP contribution in [0.2, 0.25) is 0 Å². The zero-order valence-corrected chi connectivity index (χ0v) is 14.7. The predicted molar refractivity (Wildman–Crippen MR) is 100 cm³/mol. The number of carbonyl (C=O) groups is 1. The molecule has 1 N–H and O–H groups in total. The fourth-order valence-electron chi connectivity index (χ4n) is 2.39. The number of thiazole rings is 1. The van der Waals surface area contributed by atoms with Crippen molar-refractivity contribution < 1.29 is 9.21 Å². The standard InChI is InChI=1S/C18H13N5O3S/c24-16(21-18-20-14(11-27-18)15-4-2-8-26-15)10-23-17(25)6-5-13(22-23)12-3-1-7-19-9-12/h1-9,11H,10H2,(H,20,21,24). The Morgan fingerprint density at radius 3 is 2.89 bits per heavy atom. The molecule has 0 atom stereocenters. The van der Waals surface area contributed by atoms with Gasteiger partial charge in [-0.2, -0.15) is 5.10 Å². The maximum absolute atomic E-state index is 12.3. The van der Waals surface area contributed by atoms with Crippen LogP contribution in [0, 0.1) is 0 Å². The van der Waals surface area contributed by atoms with Crippen LogP contribution >= 0.6 is 11.3 Å². The van der Waals surface area contributed by atoms with Gasteiger partial charge in [0.1, 0.15) is 12.2 Å². The molecule has 0 spiro atoms. The molecule has 0 aliphatic carbocycles. The Bertz CT molecular complexity index is 1120. The first-order valence-corrected chi connectivity index (χ1v) is 8.85. The number of carbonyl (C=O) groups excluding carboxylic acids is 1. The van der Waals surface area contributed by atoms with E-state index in [2.05, 4.69) is 20.4 Å². The smallest absolute Gasteiger partial charge is 0.267 e. The van der Waals surface area contributed by atoms with E-state index < -0.39 is 5.91 Å². The average molecular weight is 379 g/mol. The minimum absolute atomic E-state index is 0.220. The first kappa shape index (κ1) is 16.9. The van der Waals surface area contributed by atoms with Gasteiger partial charge in [-0.15, -0.1) is 11.3 Å². The van der Waals surface area contributed by atoms with Crippen molar-refractivity contribution in [3.63, 3.8) is 0 Å². The molecule has 0 saturated carbocycles. The van der Waals surface area contributed by atoms with Crippen molar-refractivity contribution in [2.24, 2.45) is 0 Å². The SMILES string of the molecule is O=C(Cn1nc(-c2cccnc2)ccc1=O)Nc1nc(-c2ccco2)cs1. The molecule has 0 unspecified atom stereocenters. The largest absolute Gasteiger partial charge is 0.463 e. The van der Waals surface area contributed by atoms with Crippen LogP contribution in [0.5, 0.6) is 0 Å². The summed E-state index contributed by atoms with van der Waals surface area (Å²) in [4.78, 5) is 32.7. The van der Waals surface area contributed by atoms with Gasteiger partial charge in [0.2, 0.25) is 5.91 Å². The Hall–Kier alpha value is -3.59. The topological polar surface area (TPSA) is 103 Å². The Balaban J connectivity index is 1.49. The highest BCUT2D eigenvalue weighted by Crippen LogP contribution is 2.25. The molecule has 0 aliphatic heterocycles. The zero-order chi connectivity index (χ0) is 18.6. The second kappa shape index (κ2) is 7.34. The summed E-state index contributed by atoms with van der Waals surface area (Å²) in [5, 5.41) is 9.11. The summed E-state index contributed by atoms with van der Waals surface area (Å²) >= 11 is 1.27. The lowest BCUT2D eigenvalue weighted by molar-refractivity contribution is -0.117. The third-order valence-electron chi connectivity index (χ3n) is 3.64. The number of rotatable bonds is 5. The monoisotopic (exact) mass is 379 g/mol. The van der Waals surface area contributed by atoms with Crippen molar-refractivity contribution in [1.29, 1.82) is 0 Å². The summed E-state index contributed by atoms with van der Waals surface area (Å²) in [5.41, 5.74) is 1.59. The van der Waals surface area contributed by atoms with Crippen LogP contribution in [0.1, 0.15) is 0 Å². The quantitative estimate of drug-likeness (QED) is 0.572. The van der Waals surface area contributed by atoms with Gasteiger partial charge in [-0.25, -0.2) is 9.67 Å². The highest BCUT2D eigenvalue weighted by atomic mass is 32.1. The van der Waals surface area contributed by atoms with Gasteiger partial charge in [-0.3, -0.25) is 14.6 Å². The first-order chi connectivity index (χ1) is 13.2. The molecule has 4 aromatic heterocycles. The lowest BCUT2D eigenvalue weighted by Crippen LogP contribution is -2.29. The van der Waals surface area contributed by atoms with E-state index in [9.17, 15) is 9.59 Å². The Kier molecular flexibility index (Phi) is 4.58. The van der Waals surface area contributed by atoms with E-state index in [1.807, 2.05) is 6.07 Å². The normalized spacial score (nSPS) is 10.7. The molecule has 27 heavy (non-hydrogen) atoms. The number of hydrogen-bond acceptors (Lipinski definition) is 7. The van der Waals surface area contributed by atoms with E-state index in [0.29, 0.717) is 22.3 Å². The van der Waals surface area contributed by atoms with Gasteiger partial charge in [0, 0.05) is 29.4 Å². The van der Waals surface area contributed by atoms with Gasteiger partial charge in [0.05, 0.1) is 12.0 Å². The van der Waals surface area contributed by atoms with Crippen LogP contribution in [0.25, 0.3) is 22.7 Å². The number of aromatic nitrogens is 4. The molecule has 0 fully saturated rings. The average Bonchev–Trinajstić information content (AvgIpc) is 3.36. The van der Waals surface area contributed by atoms with Gasteiger partial charge in [0.15, 0.2) is 10.9 Å². The summed E-state index contributed by atoms with van der Waals surface area (Å²) < 4.78 is 6.39. The molecule has 1 amide bonds. The summed E-state index contributed by atoms with van der Waals surface area (Å²) in [6.07, 6.45) is 4.85. The summed E-state index contributed by atoms with van der Waals surface area (Å²) in [5.74, 6) is 0.224. The molecule has 8 nitrogen and oxygen atoms in total. The molecule has 4 aromatic rings. The number of furan rings is 1. The van der Waals surface area contributed by atoms with Crippen LogP contribution in [0.15, 0.2) is 69.6 Å². The molecule has 4 rings (SSSR count). The fraction of sp³-hybridized carbons (Fsp3) is 0.0556. The van der Waals surface area contributed by atoms with Crippen molar-refractivity contribution in [3.8, 4) is 22.7 Å². The van der Waals surface area contributed by atoms with E-state index in [1.165, 1.54) is 17.4 Å². The molecular formula is C18H13N5O3S. The van der Waals surface area contributed by atoms with Crippen molar-refractivity contribution in [2.75, 3.05) is 5.32 Å². The van der Waals surface area contributed by atoms with Crippen molar-refractivity contribution >= 4 is 22.4 Å². The van der Waals surface area contributed by atoms with Crippen LogP contribution in [-0.4, -0.2) is 25.7 Å². The molecular weight excluding hydrogens is 366 g/mol. The van der Waals surface area contributed by atoms with Crippen molar-refractivity contribution in [1.82, 2.24) is 19.7 Å². The minimum Gasteiger partial charge on any atom is -0.463 e. The maximum atomic E-state index is 12.3. The second-order valence-electron chi connectivity index (χ2n) is 5.52. The summed E-state index contributed by atoms with van der Waals surface area (Å²) in [6, 6.07) is 10.1. The summed E-state index contributed by atoms with van der Waals surface area (Å²) in [7, 11) is 0. The number of anilines is 1. The number of nitrogens with zero attached hydrogens (tertiary/aromatic N) is 4. The molecule has 0 radical (unpaired) electrons. The third-order valence-corrected chi connectivity index (χ3v) is 4.40. The van der Waals surface area contributed by atoms with Gasteiger partial charge in [0.25, 0.3) is 5.56 Å². The fourth-order valence-corrected chi connectivity index (χ4v) is 3.11. The number of nitrogens with one attached hydrogen (secondary N) is 1. The summed E-state index contributed by atoms with van der Waals surface area (Å²) in [6.45, 7) is -0.220. The molecule has 0 aliphatic rings. The number of pyridine rings is 1. The van der Waals surface area contributed by atoms with Crippen molar-refractivity contribution in [3.05, 3.63) is 70.8 Å². The van der Waals surface area contributed by atoms with E-state index in [1.54, 1.807) is 48.3 Å². The van der Waals surface area contributed by atoms with Crippen LogP contribution in [0.3, 0.4) is 0 Å². The van der Waals surface area contributed by atoms with Gasteiger partial charge < -0.3 is 9.73 Å². The highest BCUT2D eigenvalue weighted by Gasteiger charge is 2.12. The van der Waals surface area contributed by atoms with Crippen LogP contribution in [0.4, 0.5) is 5.13 Å². The number of hydrogen-bond donors (Lipinski definition) is 1. The second-order valence-corrected chi connectivity index (χ2v) is 6.38. The molecule has 0 saturated heterocycles. The zero-order valence-electron chi connectivity index (χ0n) is 13.9. The van der Waals surface area contributed by atoms with E-state index >= 15 is 0 Å². The van der Waals surface area contributed by atoms with Gasteiger partial charge in [-0.1, -0.05) is 0 Å². The van der Waals surface area contributed by atoms with E-state index in [-0.39, 0.29) is 12.1 Å². The molecule has 9 heteroatoms. The van der Waals surface area contributed by atoms with Gasteiger partial charge in [-0.05, 0) is 30.3 Å². The third kappa shape index (κ3) is 3.82. The van der Waals surface area contributed by atoms with E-state index in [4.69, 9.17) is 4.42 Å². The van der Waals surface area contributed by atoms with Crippen molar-refractivity contribution in [2.45, 2.75) is 6.54 Å². The first-order valence-electron chi connectivity index (χ1n) is 7.97. The highest BCUT2D eigenvalue weighted by molar-refractivity contribution is 7.14. The van der Waals surface area contributed by atoms with E-state index in [0.717, 1.165) is 10.2 Å². The lowest BCUT2D eigenvalue weighted by atomic mass is 10.2. The Labute approximate surface area is 157 Å². The molecule has 0 bridgehead atoms. The molecule has 4 heterocycles. The Morgan fingerprint density at radius 2 is 2.11 bits per heavy atom. The van der Waals surface area contributed by atoms with Crippen LogP contribution in [-0.2, 0) is 11.3 Å².